The van der Waals surface area contributed by atoms with Crippen LogP contribution in [0.3, 0.4) is 0 Å². The van der Waals surface area contributed by atoms with Gasteiger partial charge in [-0.05, 0) is 6.92 Å². The Morgan fingerprint density at radius 1 is 1.12 bits per heavy atom. The quantitative estimate of drug-likeness (QED) is 0.299. The predicted molar refractivity (Wildman–Crippen MR) is 58.3 cm³/mol. The zero-order valence-electron chi connectivity index (χ0n) is 9.49. The Morgan fingerprint density at radius 3 is 1.76 bits per heavy atom. The Labute approximate surface area is 99.5 Å². The molecule has 0 aromatic rings. The van der Waals surface area contributed by atoms with Crippen molar-refractivity contribution in [2.75, 3.05) is 13.2 Å². The molecular weight excluding hydrogens is 227 g/mol. The Morgan fingerprint density at radius 2 is 1.47 bits per heavy atom. The molecule has 0 atom stereocenters. The van der Waals surface area contributed by atoms with Crippen molar-refractivity contribution in [1.29, 1.82) is 0 Å². The van der Waals surface area contributed by atoms with Gasteiger partial charge in [0.25, 0.3) is 5.67 Å². The van der Waals surface area contributed by atoms with E-state index in [1.165, 1.54) is 0 Å². The Hall–Kier alpha value is -2.01. The highest BCUT2D eigenvalue weighted by Crippen LogP contribution is 2.15. The van der Waals surface area contributed by atoms with E-state index in [1.54, 1.807) is 0 Å². The van der Waals surface area contributed by atoms with E-state index in [9.17, 15) is 14.0 Å². The zero-order valence-corrected chi connectivity index (χ0v) is 9.49. The molecule has 92 valence electrons. The third-order valence-electron chi connectivity index (χ3n) is 1.73. The van der Waals surface area contributed by atoms with Crippen molar-refractivity contribution < 1.29 is 23.5 Å². The first-order chi connectivity index (χ1) is 7.96. The number of esters is 2. The lowest BCUT2D eigenvalue weighted by Gasteiger charge is -2.16. The molecule has 0 saturated heterocycles. The van der Waals surface area contributed by atoms with Crippen molar-refractivity contribution in [3.05, 3.63) is 0 Å². The first-order valence-corrected chi connectivity index (χ1v) is 4.87. The lowest BCUT2D eigenvalue weighted by Crippen LogP contribution is -2.42. The van der Waals surface area contributed by atoms with Crippen LogP contribution in [-0.2, 0) is 19.1 Å². The molecule has 0 aromatic carbocycles. The average molecular weight is 240 g/mol. The lowest BCUT2D eigenvalue weighted by molar-refractivity contribution is -0.173. The third kappa shape index (κ3) is 5.03. The SMILES string of the molecule is C#CCCOC(=O)C(C)(F)C(=O)OCCC#C. The summed E-state index contributed by atoms with van der Waals surface area (Å²) >= 11 is 0. The normalized spacial score (nSPS) is 9.88. The average Bonchev–Trinajstić information content (AvgIpc) is 2.29. The summed E-state index contributed by atoms with van der Waals surface area (Å²) in [6.45, 7) is 0.475. The van der Waals surface area contributed by atoms with Crippen LogP contribution in [0.1, 0.15) is 19.8 Å². The van der Waals surface area contributed by atoms with Gasteiger partial charge in [-0.3, -0.25) is 0 Å². The number of carbonyl (C=O) groups is 2. The van der Waals surface area contributed by atoms with Gasteiger partial charge in [0, 0.05) is 12.8 Å². The summed E-state index contributed by atoms with van der Waals surface area (Å²) in [6, 6.07) is 0. The maximum Gasteiger partial charge on any atom is 0.355 e. The number of terminal acetylenes is 2. The van der Waals surface area contributed by atoms with E-state index in [2.05, 4.69) is 21.3 Å². The second kappa shape index (κ2) is 7.29. The van der Waals surface area contributed by atoms with E-state index >= 15 is 0 Å². The molecule has 0 saturated carbocycles. The van der Waals surface area contributed by atoms with Gasteiger partial charge in [0.05, 0.1) is 0 Å². The van der Waals surface area contributed by atoms with Crippen molar-refractivity contribution in [2.45, 2.75) is 25.4 Å². The predicted octanol–water partition coefficient (Wildman–Crippen LogP) is 0.848. The van der Waals surface area contributed by atoms with Gasteiger partial charge in [-0.25, -0.2) is 14.0 Å². The van der Waals surface area contributed by atoms with Crippen molar-refractivity contribution in [1.82, 2.24) is 0 Å². The Balaban J connectivity index is 4.25. The Kier molecular flexibility index (Phi) is 6.43. The molecule has 0 rings (SSSR count). The van der Waals surface area contributed by atoms with E-state index < -0.39 is 17.6 Å². The molecule has 0 amide bonds. The topological polar surface area (TPSA) is 52.6 Å². The fraction of sp³-hybridized carbons (Fsp3) is 0.500. The van der Waals surface area contributed by atoms with Crippen LogP contribution >= 0.6 is 0 Å². The fourth-order valence-corrected chi connectivity index (χ4v) is 0.760. The van der Waals surface area contributed by atoms with Gasteiger partial charge in [0.15, 0.2) is 0 Å². The first-order valence-electron chi connectivity index (χ1n) is 4.87. The van der Waals surface area contributed by atoms with Crippen molar-refractivity contribution in [3.8, 4) is 24.7 Å². The minimum absolute atomic E-state index is 0.146. The van der Waals surface area contributed by atoms with E-state index in [4.69, 9.17) is 12.8 Å². The highest BCUT2D eigenvalue weighted by molar-refractivity contribution is 6.02. The number of rotatable bonds is 6. The molecule has 0 fully saturated rings. The molecular formula is C12H13FO4. The minimum Gasteiger partial charge on any atom is -0.462 e. The monoisotopic (exact) mass is 240 g/mol. The summed E-state index contributed by atoms with van der Waals surface area (Å²) in [5.41, 5.74) is -2.84. The van der Waals surface area contributed by atoms with Crippen LogP contribution in [0.2, 0.25) is 0 Å². The summed E-state index contributed by atoms with van der Waals surface area (Å²) in [4.78, 5) is 22.4. The highest BCUT2D eigenvalue weighted by atomic mass is 19.1. The van der Waals surface area contributed by atoms with Gasteiger partial charge in [-0.2, -0.15) is 0 Å². The van der Waals surface area contributed by atoms with Crippen LogP contribution in [0, 0.1) is 24.7 Å². The lowest BCUT2D eigenvalue weighted by atomic mass is 10.1. The molecule has 0 aliphatic carbocycles. The number of alkyl halides is 1. The standard InChI is InChI=1S/C12H13FO4/c1-4-6-8-16-10(14)12(3,13)11(15)17-9-7-5-2/h1-2H,6-9H2,3H3. The zero-order chi connectivity index (χ0) is 13.3. The van der Waals surface area contributed by atoms with Crippen molar-refractivity contribution in [3.63, 3.8) is 0 Å². The van der Waals surface area contributed by atoms with E-state index in [0.29, 0.717) is 0 Å². The molecule has 0 aromatic heterocycles. The third-order valence-corrected chi connectivity index (χ3v) is 1.73. The van der Waals surface area contributed by atoms with Crippen LogP contribution in [0.25, 0.3) is 0 Å². The van der Waals surface area contributed by atoms with Gasteiger partial charge >= 0.3 is 11.9 Å². The smallest absolute Gasteiger partial charge is 0.355 e. The van der Waals surface area contributed by atoms with Crippen molar-refractivity contribution in [2.24, 2.45) is 0 Å². The van der Waals surface area contributed by atoms with Crippen LogP contribution in [0.15, 0.2) is 0 Å². The molecule has 0 spiro atoms. The van der Waals surface area contributed by atoms with E-state index in [1.807, 2.05) is 0 Å². The highest BCUT2D eigenvalue weighted by Gasteiger charge is 2.45. The molecule has 0 radical (unpaired) electrons. The van der Waals surface area contributed by atoms with E-state index in [-0.39, 0.29) is 26.1 Å². The van der Waals surface area contributed by atoms with E-state index in [0.717, 1.165) is 6.92 Å². The van der Waals surface area contributed by atoms with Gasteiger partial charge in [-0.15, -0.1) is 24.7 Å². The van der Waals surface area contributed by atoms with Crippen molar-refractivity contribution >= 4 is 11.9 Å². The molecule has 5 heteroatoms. The first kappa shape index (κ1) is 15.0. The summed E-state index contributed by atoms with van der Waals surface area (Å²) in [6.07, 6.45) is 10.1. The maximum atomic E-state index is 13.7. The molecule has 0 N–H and O–H groups in total. The number of ether oxygens (including phenoxy) is 2. The van der Waals surface area contributed by atoms with Crippen LogP contribution < -0.4 is 0 Å². The van der Waals surface area contributed by atoms with Gasteiger partial charge in [0.1, 0.15) is 13.2 Å². The van der Waals surface area contributed by atoms with Gasteiger partial charge < -0.3 is 9.47 Å². The van der Waals surface area contributed by atoms with Gasteiger partial charge in [0.2, 0.25) is 0 Å². The molecule has 17 heavy (non-hydrogen) atoms. The fourth-order valence-electron chi connectivity index (χ4n) is 0.760. The summed E-state index contributed by atoms with van der Waals surface area (Å²) in [7, 11) is 0. The molecule has 0 bridgehead atoms. The molecule has 0 heterocycles. The largest absolute Gasteiger partial charge is 0.462 e. The number of hydrogen-bond donors (Lipinski definition) is 0. The van der Waals surface area contributed by atoms with Crippen LogP contribution in [0.4, 0.5) is 4.39 Å². The van der Waals surface area contributed by atoms with Crippen LogP contribution in [0.5, 0.6) is 0 Å². The summed E-state index contributed by atoms with van der Waals surface area (Å²) < 4.78 is 22.6. The Bertz CT molecular complexity index is 326. The molecule has 0 unspecified atom stereocenters. The minimum atomic E-state index is -2.84. The molecule has 4 nitrogen and oxygen atoms in total. The summed E-state index contributed by atoms with van der Waals surface area (Å²) in [5.74, 6) is 1.77. The number of halogens is 1. The molecule has 0 aliphatic heterocycles. The number of carbonyl (C=O) groups excluding carboxylic acids is 2. The maximum absolute atomic E-state index is 13.7. The summed E-state index contributed by atoms with van der Waals surface area (Å²) in [5, 5.41) is 0. The molecule has 0 aliphatic rings. The second-order valence-electron chi connectivity index (χ2n) is 3.18. The van der Waals surface area contributed by atoms with Gasteiger partial charge in [-0.1, -0.05) is 0 Å². The second-order valence-corrected chi connectivity index (χ2v) is 3.18. The number of hydrogen-bond acceptors (Lipinski definition) is 4. The van der Waals surface area contributed by atoms with Crippen LogP contribution in [-0.4, -0.2) is 30.8 Å².